The van der Waals surface area contributed by atoms with E-state index in [0.717, 1.165) is 193 Å². The second-order valence-corrected chi connectivity index (χ2v) is 47.1. The summed E-state index contributed by atoms with van der Waals surface area (Å²) in [6.07, 6.45) is 5.06. The molecule has 0 N–H and O–H groups in total. The molecule has 8 aliphatic rings. The molecule has 4 aromatic heterocycles. The van der Waals surface area contributed by atoms with Crippen molar-refractivity contribution in [3.63, 3.8) is 0 Å². The van der Waals surface area contributed by atoms with Gasteiger partial charge in [0.15, 0.2) is 5.58 Å². The molecule has 10 heteroatoms. The number of para-hydroxylation sites is 2. The Balaban J connectivity index is 0.571. The first-order chi connectivity index (χ1) is 71.9. The molecule has 0 amide bonds. The molecule has 4 aliphatic carbocycles. The molecular weight excluding hydrogens is 1800 g/mol. The van der Waals surface area contributed by atoms with Crippen molar-refractivity contribution in [2.45, 2.75) is 141 Å². The zero-order chi connectivity index (χ0) is 98.7. The highest BCUT2D eigenvalue weighted by molar-refractivity contribution is 6.95. The van der Waals surface area contributed by atoms with E-state index in [-0.39, 0.29) is 46.2 Å². The Kier molecular flexibility index (Phi) is 16.9. The van der Waals surface area contributed by atoms with Crippen LogP contribution in [0.4, 0.5) is 56.9 Å². The number of benzene rings is 20. The fourth-order valence-corrected chi connectivity index (χ4v) is 29.0. The molecule has 8 heterocycles. The van der Waals surface area contributed by atoms with Crippen LogP contribution in [-0.4, -0.2) is 13.7 Å². The summed E-state index contributed by atoms with van der Waals surface area (Å²) in [4.78, 5) is 10.6. The Bertz CT molecular complexity index is 10100. The summed E-state index contributed by atoms with van der Waals surface area (Å²) in [6.45, 7) is 26.2. The highest BCUT2D eigenvalue weighted by Gasteiger charge is 2.53. The van der Waals surface area contributed by atoms with Gasteiger partial charge in [0.05, 0.1) is 5.69 Å². The van der Waals surface area contributed by atoms with Gasteiger partial charge in [0.2, 0.25) is 0 Å². The van der Waals surface area contributed by atoms with Gasteiger partial charge in [0.25, 0.3) is 0 Å². The molecule has 8 nitrogen and oxygen atoms in total. The zero-order valence-corrected chi connectivity index (χ0v) is 84.8. The standard InChI is InChI=1S/C138H104B2N4O4/c1-133(2)60-61-134(3,4)111-74-122-100(69-109(111)133)101-71-114-117(76-124(101)146-122)141(118-72-103-95-37-23-26-40-119(95)147-131(103)126-97-56-47-83-32-18-19-33-90(83)129(97)144(140(114)128(118)126)86-51-45-82(46-52-86)80-30-16-13-17-31-80)88-54-58-96-99-68-110-112(75-123(99)145-121(96)66-88)138(11,63-62-135(110,5)6)77-78-42-55-89-84(64-78)48-59-115-125(89)104-67-102-94-36-22-27-41-120(94)148-132(102)130-127(104)139(143(115)85-49-43-81(44-50-85)79-28-14-12-15-29-79)113-70-98-92-35-21-25-39-106(92)137(9,10)108(98)73-116(113)142(130)87-53-57-93-91-34-20-24-38-105(91)136(7,8)107(93)65-87/h12-59,64-76H,60-63,77H2,1-11H3. The van der Waals surface area contributed by atoms with Crippen molar-refractivity contribution in [3.8, 4) is 66.8 Å². The maximum atomic E-state index is 7.66. The van der Waals surface area contributed by atoms with Gasteiger partial charge in [0.1, 0.15) is 39.1 Å². The summed E-state index contributed by atoms with van der Waals surface area (Å²) in [5.41, 5.74) is 48.5. The quantitative estimate of drug-likeness (QED) is 0.139. The van der Waals surface area contributed by atoms with Gasteiger partial charge < -0.3 is 37.1 Å². The van der Waals surface area contributed by atoms with Crippen molar-refractivity contribution in [3.05, 3.63) is 420 Å². The second-order valence-electron chi connectivity index (χ2n) is 47.1. The SMILES string of the molecule is CC1(C)CCC(C)(C)c2cc3c(cc21)oc1cc2c(cc13)B1c3c(cc4c(oc5ccccc54)c3-c3ccc4ccccc4c3N1c1ccc(-c3ccccc3)cc1)N2c1ccc2c(c1)oc1cc3c(cc12)C(C)(C)CCC3(C)Cc1ccc2c3c(ccc2c1)N(c1ccc(-c2ccccc2)cc1)B1c2cc4c(cc2N(c2ccc5c(c2)C(C)(C)c2ccccc2-5)c2c1c-3cc1c2oc2ccccc21)C(C)(C)c1ccccc1-4. The molecule has 1 unspecified atom stereocenters. The molecule has 20 aromatic carbocycles. The third-order valence-corrected chi connectivity index (χ3v) is 36.8. The molecule has 148 heavy (non-hydrogen) atoms. The molecule has 32 rings (SSSR count). The topological polar surface area (TPSA) is 65.5 Å². The fourth-order valence-electron chi connectivity index (χ4n) is 29.0. The first-order valence-electron chi connectivity index (χ1n) is 53.1. The Hall–Kier alpha value is -16.6. The molecule has 0 fully saturated rings. The number of anilines is 10. The van der Waals surface area contributed by atoms with Crippen molar-refractivity contribution in [2.75, 3.05) is 19.4 Å². The molecule has 1 atom stereocenters. The van der Waals surface area contributed by atoms with Crippen LogP contribution >= 0.6 is 0 Å². The van der Waals surface area contributed by atoms with E-state index >= 15 is 0 Å². The largest absolute Gasteiger partial charge is 0.456 e. The monoisotopic (exact) mass is 1900 g/mol. The molecule has 0 spiro atoms. The van der Waals surface area contributed by atoms with Crippen LogP contribution in [0.15, 0.2) is 388 Å². The fraction of sp³-hybridized carbons (Fsp3) is 0.159. The lowest BCUT2D eigenvalue weighted by molar-refractivity contribution is 0.310. The van der Waals surface area contributed by atoms with Crippen LogP contribution in [-0.2, 0) is 38.9 Å². The van der Waals surface area contributed by atoms with Crippen molar-refractivity contribution >= 4 is 202 Å². The lowest BCUT2D eigenvalue weighted by Gasteiger charge is -2.46. The van der Waals surface area contributed by atoms with E-state index in [1.807, 2.05) is 0 Å². The zero-order valence-electron chi connectivity index (χ0n) is 84.8. The highest BCUT2D eigenvalue weighted by atomic mass is 16.3. The van der Waals surface area contributed by atoms with E-state index in [4.69, 9.17) is 17.7 Å². The van der Waals surface area contributed by atoms with E-state index < -0.39 is 0 Å². The van der Waals surface area contributed by atoms with E-state index in [0.29, 0.717) is 0 Å². The molecule has 0 saturated carbocycles. The molecule has 0 radical (unpaired) electrons. The Morgan fingerprint density at radius 1 is 0.243 bits per heavy atom. The first-order valence-corrected chi connectivity index (χ1v) is 53.1. The number of hydrogen-bond acceptors (Lipinski definition) is 8. The molecule has 4 aliphatic heterocycles. The van der Waals surface area contributed by atoms with E-state index in [1.165, 1.54) is 144 Å². The van der Waals surface area contributed by atoms with Gasteiger partial charge in [-0.25, -0.2) is 0 Å². The van der Waals surface area contributed by atoms with E-state index in [2.05, 4.69) is 466 Å². The van der Waals surface area contributed by atoms with Crippen LogP contribution in [0.25, 0.3) is 176 Å². The van der Waals surface area contributed by atoms with Crippen LogP contribution in [0, 0.1) is 0 Å². The Morgan fingerprint density at radius 2 is 0.730 bits per heavy atom. The normalized spacial score (nSPS) is 17.2. The van der Waals surface area contributed by atoms with Crippen LogP contribution in [0.2, 0.25) is 0 Å². The molecule has 0 bridgehead atoms. The average molecular weight is 1900 g/mol. The lowest BCUT2D eigenvalue weighted by atomic mass is 9.43. The van der Waals surface area contributed by atoms with Gasteiger partial charge >= 0.3 is 13.7 Å². The van der Waals surface area contributed by atoms with Gasteiger partial charge in [-0.15, -0.1) is 0 Å². The predicted octanol–water partition coefficient (Wildman–Crippen LogP) is 34.9. The number of hydrogen-bond donors (Lipinski definition) is 0. The summed E-state index contributed by atoms with van der Waals surface area (Å²) in [5, 5.41) is 13.6. The maximum absolute atomic E-state index is 7.66. The number of rotatable bonds is 8. The average Bonchev–Trinajstić information content (AvgIpc) is 1.33. The van der Waals surface area contributed by atoms with Crippen LogP contribution in [0.3, 0.4) is 0 Å². The molecule has 24 aromatic rings. The molecule has 706 valence electrons. The van der Waals surface area contributed by atoms with Crippen molar-refractivity contribution in [2.24, 2.45) is 0 Å². The van der Waals surface area contributed by atoms with Gasteiger partial charge in [0, 0.05) is 139 Å². The van der Waals surface area contributed by atoms with Gasteiger partial charge in [-0.2, -0.15) is 0 Å². The third kappa shape index (κ3) is 11.5. The first kappa shape index (κ1) is 84.8. The Labute approximate surface area is 860 Å². The number of fused-ring (bicyclic) bond motifs is 34. The van der Waals surface area contributed by atoms with Crippen LogP contribution in [0.5, 0.6) is 0 Å². The van der Waals surface area contributed by atoms with E-state index in [1.54, 1.807) is 0 Å². The van der Waals surface area contributed by atoms with Gasteiger partial charge in [-0.3, -0.25) is 0 Å². The van der Waals surface area contributed by atoms with Crippen molar-refractivity contribution in [1.29, 1.82) is 0 Å². The summed E-state index contributed by atoms with van der Waals surface area (Å²) < 4.78 is 30.1. The van der Waals surface area contributed by atoms with Gasteiger partial charge in [-0.1, -0.05) is 325 Å². The summed E-state index contributed by atoms with van der Waals surface area (Å²) in [7, 11) is 0. The summed E-state index contributed by atoms with van der Waals surface area (Å²) in [6, 6.07) is 141. The molecule has 0 saturated heterocycles. The van der Waals surface area contributed by atoms with Crippen molar-refractivity contribution < 1.29 is 17.7 Å². The maximum Gasteiger partial charge on any atom is 0.333 e. The summed E-state index contributed by atoms with van der Waals surface area (Å²) >= 11 is 0. The summed E-state index contributed by atoms with van der Waals surface area (Å²) in [5.74, 6) is 0. The minimum absolute atomic E-state index is 0.0223. The van der Waals surface area contributed by atoms with Crippen LogP contribution < -0.4 is 41.3 Å². The smallest absolute Gasteiger partial charge is 0.333 e. The second kappa shape index (κ2) is 29.4. The lowest BCUT2D eigenvalue weighted by Crippen LogP contribution is -2.61. The van der Waals surface area contributed by atoms with Crippen molar-refractivity contribution in [1.82, 2.24) is 0 Å². The van der Waals surface area contributed by atoms with Gasteiger partial charge in [-0.05, 0) is 301 Å². The van der Waals surface area contributed by atoms with E-state index in [9.17, 15) is 0 Å². The Morgan fingerprint density at radius 3 is 1.43 bits per heavy atom. The third-order valence-electron chi connectivity index (χ3n) is 36.8. The minimum Gasteiger partial charge on any atom is -0.456 e. The van der Waals surface area contributed by atoms with Crippen LogP contribution in [0.1, 0.15) is 152 Å². The number of nitrogens with zero attached hydrogens (tertiary/aromatic N) is 4. The minimum atomic E-state index is -0.360. The highest BCUT2D eigenvalue weighted by Crippen LogP contribution is 2.62. The number of furan rings is 4. The predicted molar refractivity (Wildman–Crippen MR) is 619 cm³/mol. The molecular formula is C138H104B2N4O4.